The Hall–Kier alpha value is -1.78. The third-order valence-corrected chi connectivity index (χ3v) is 9.53. The van der Waals surface area contributed by atoms with Crippen molar-refractivity contribution >= 4 is 39.0 Å². The summed E-state index contributed by atoms with van der Waals surface area (Å²) < 4.78 is 33.5. The average molecular weight is 485 g/mol. The molecule has 0 bridgehead atoms. The van der Waals surface area contributed by atoms with Crippen LogP contribution in [-0.2, 0) is 37.3 Å². The molecule has 1 amide bonds. The fourth-order valence-corrected chi connectivity index (χ4v) is 7.81. The molecule has 32 heavy (non-hydrogen) atoms. The molecule has 1 aromatic rings. The van der Waals surface area contributed by atoms with Crippen molar-refractivity contribution in [2.24, 2.45) is 5.92 Å². The average Bonchev–Trinajstić information content (AvgIpc) is 3.11. The standard InChI is InChI=1S/C22H32N2O6S2/c1-15(2)13-17(25)20(26)23-12-9-16-18(14-23)31-22(19(16)21(27)30-3)32(28,29)24-10-7-5-4-6-8-11-24/h15H,4-14H2,1-3H3. The van der Waals surface area contributed by atoms with Crippen molar-refractivity contribution in [1.29, 1.82) is 0 Å². The molecule has 0 spiro atoms. The minimum atomic E-state index is -3.87. The summed E-state index contributed by atoms with van der Waals surface area (Å²) >= 11 is 1.03. The molecule has 2 aliphatic rings. The van der Waals surface area contributed by atoms with Crippen LogP contribution in [0.1, 0.15) is 73.2 Å². The summed E-state index contributed by atoms with van der Waals surface area (Å²) in [7, 11) is -2.63. The number of rotatable bonds is 6. The molecule has 1 saturated heterocycles. The number of hydrogen-bond acceptors (Lipinski definition) is 7. The molecule has 0 saturated carbocycles. The number of Topliss-reactive ketones (excluding diaryl/α,β-unsaturated/α-hetero) is 1. The monoisotopic (exact) mass is 484 g/mol. The van der Waals surface area contributed by atoms with Gasteiger partial charge in [-0.25, -0.2) is 13.2 Å². The summed E-state index contributed by atoms with van der Waals surface area (Å²) in [5, 5.41) is 0. The summed E-state index contributed by atoms with van der Waals surface area (Å²) in [6.07, 6.45) is 5.14. The van der Waals surface area contributed by atoms with E-state index in [0.29, 0.717) is 30.0 Å². The van der Waals surface area contributed by atoms with Crippen molar-refractivity contribution in [1.82, 2.24) is 9.21 Å². The largest absolute Gasteiger partial charge is 0.465 e. The normalized spacial score (nSPS) is 18.1. The summed E-state index contributed by atoms with van der Waals surface area (Å²) in [6, 6.07) is 0. The van der Waals surface area contributed by atoms with Gasteiger partial charge in [0.15, 0.2) is 0 Å². The van der Waals surface area contributed by atoms with Crippen LogP contribution in [-0.4, -0.2) is 62.0 Å². The van der Waals surface area contributed by atoms with Crippen LogP contribution in [0.25, 0.3) is 0 Å². The van der Waals surface area contributed by atoms with E-state index in [-0.39, 0.29) is 35.2 Å². The molecule has 1 fully saturated rings. The smallest absolute Gasteiger partial charge is 0.340 e. The second-order valence-corrected chi connectivity index (χ2v) is 12.1. The Balaban J connectivity index is 1.94. The topological polar surface area (TPSA) is 101 Å². The number of nitrogens with zero attached hydrogens (tertiary/aromatic N) is 2. The Kier molecular flexibility index (Phi) is 8.11. The van der Waals surface area contributed by atoms with E-state index in [0.717, 1.165) is 43.4 Å². The number of carbonyl (C=O) groups excluding carboxylic acids is 3. The fraction of sp³-hybridized carbons (Fsp3) is 0.682. The second-order valence-electron chi connectivity index (χ2n) is 8.83. The highest BCUT2D eigenvalue weighted by molar-refractivity contribution is 7.91. The molecule has 0 aliphatic carbocycles. The lowest BCUT2D eigenvalue weighted by molar-refractivity contribution is -0.145. The van der Waals surface area contributed by atoms with Gasteiger partial charge in [-0.15, -0.1) is 11.3 Å². The maximum atomic E-state index is 13.6. The zero-order chi connectivity index (χ0) is 23.5. The van der Waals surface area contributed by atoms with Crippen LogP contribution >= 0.6 is 11.3 Å². The summed E-state index contributed by atoms with van der Waals surface area (Å²) in [6.45, 7) is 5.01. The van der Waals surface area contributed by atoms with Crippen molar-refractivity contribution in [3.63, 3.8) is 0 Å². The quantitative estimate of drug-likeness (QED) is 0.454. The summed E-state index contributed by atoms with van der Waals surface area (Å²) in [5.41, 5.74) is 0.711. The maximum absolute atomic E-state index is 13.6. The number of methoxy groups -OCH3 is 1. The summed E-state index contributed by atoms with van der Waals surface area (Å²) in [4.78, 5) is 39.6. The van der Waals surface area contributed by atoms with Gasteiger partial charge < -0.3 is 9.64 Å². The molecular formula is C22H32N2O6S2. The van der Waals surface area contributed by atoms with Gasteiger partial charge >= 0.3 is 5.97 Å². The van der Waals surface area contributed by atoms with Crippen molar-refractivity contribution in [3.8, 4) is 0 Å². The number of hydrogen-bond donors (Lipinski definition) is 0. The van der Waals surface area contributed by atoms with Gasteiger partial charge in [0, 0.05) is 30.9 Å². The van der Waals surface area contributed by atoms with Crippen molar-refractivity contribution in [2.45, 2.75) is 69.5 Å². The Labute approximate surface area is 194 Å². The lowest BCUT2D eigenvalue weighted by atomic mass is 10.0. The van der Waals surface area contributed by atoms with Gasteiger partial charge in [-0.05, 0) is 30.7 Å². The van der Waals surface area contributed by atoms with E-state index < -0.39 is 27.7 Å². The Morgan fingerprint density at radius 2 is 1.66 bits per heavy atom. The molecule has 8 nitrogen and oxygen atoms in total. The van der Waals surface area contributed by atoms with Gasteiger partial charge in [0.05, 0.1) is 19.2 Å². The van der Waals surface area contributed by atoms with Gasteiger partial charge in [0.2, 0.25) is 5.78 Å². The zero-order valence-electron chi connectivity index (χ0n) is 19.0. The van der Waals surface area contributed by atoms with E-state index in [4.69, 9.17) is 4.74 Å². The van der Waals surface area contributed by atoms with E-state index >= 15 is 0 Å². The Morgan fingerprint density at radius 1 is 1.03 bits per heavy atom. The zero-order valence-corrected chi connectivity index (χ0v) is 20.6. The van der Waals surface area contributed by atoms with Gasteiger partial charge in [-0.3, -0.25) is 9.59 Å². The van der Waals surface area contributed by atoms with Crippen LogP contribution in [0, 0.1) is 5.92 Å². The minimum absolute atomic E-state index is 0.00210. The van der Waals surface area contributed by atoms with Gasteiger partial charge in [-0.2, -0.15) is 4.31 Å². The van der Waals surface area contributed by atoms with Crippen LogP contribution < -0.4 is 0 Å². The van der Waals surface area contributed by atoms with Gasteiger partial charge in [0.1, 0.15) is 4.21 Å². The molecule has 0 unspecified atom stereocenters. The number of ether oxygens (including phenoxy) is 1. The van der Waals surface area contributed by atoms with Crippen molar-refractivity contribution < 1.29 is 27.5 Å². The number of esters is 1. The number of carbonyl (C=O) groups is 3. The SMILES string of the molecule is COC(=O)c1c(S(=O)(=O)N2CCCCCCC2)sc2c1CCN(C(=O)C(=O)CC(C)C)C2. The first kappa shape index (κ1) is 24.9. The van der Waals surface area contributed by atoms with Crippen LogP contribution in [0.15, 0.2) is 4.21 Å². The molecule has 10 heteroatoms. The van der Waals surface area contributed by atoms with E-state index in [1.165, 1.54) is 16.3 Å². The van der Waals surface area contributed by atoms with Crippen LogP contribution in [0.4, 0.5) is 0 Å². The van der Waals surface area contributed by atoms with E-state index in [1.807, 2.05) is 13.8 Å². The van der Waals surface area contributed by atoms with Gasteiger partial charge in [-0.1, -0.05) is 33.1 Å². The lowest BCUT2D eigenvalue weighted by Crippen LogP contribution is -2.40. The van der Waals surface area contributed by atoms with E-state index in [1.54, 1.807) is 0 Å². The van der Waals surface area contributed by atoms with E-state index in [9.17, 15) is 22.8 Å². The maximum Gasteiger partial charge on any atom is 0.340 e. The van der Waals surface area contributed by atoms with Crippen LogP contribution in [0.2, 0.25) is 0 Å². The fourth-order valence-electron chi connectivity index (χ4n) is 4.25. The molecule has 0 radical (unpaired) electrons. The molecule has 0 atom stereocenters. The minimum Gasteiger partial charge on any atom is -0.465 e. The number of thiophene rings is 1. The molecule has 0 N–H and O–H groups in total. The highest BCUT2D eigenvalue weighted by atomic mass is 32.2. The Bertz CT molecular complexity index is 975. The lowest BCUT2D eigenvalue weighted by Gasteiger charge is -2.26. The number of sulfonamides is 1. The molecule has 178 valence electrons. The predicted molar refractivity (Wildman–Crippen MR) is 121 cm³/mol. The first-order valence-electron chi connectivity index (χ1n) is 11.2. The predicted octanol–water partition coefficient (Wildman–Crippen LogP) is 2.99. The van der Waals surface area contributed by atoms with Crippen molar-refractivity contribution in [2.75, 3.05) is 26.7 Å². The molecule has 0 aromatic carbocycles. The van der Waals surface area contributed by atoms with E-state index in [2.05, 4.69) is 0 Å². The third kappa shape index (κ3) is 5.23. The third-order valence-electron chi connectivity index (χ3n) is 5.92. The first-order chi connectivity index (χ1) is 15.2. The van der Waals surface area contributed by atoms with Gasteiger partial charge in [0.25, 0.3) is 15.9 Å². The van der Waals surface area contributed by atoms with Crippen LogP contribution in [0.3, 0.4) is 0 Å². The number of ketones is 1. The first-order valence-corrected chi connectivity index (χ1v) is 13.5. The number of fused-ring (bicyclic) bond motifs is 1. The van der Waals surface area contributed by atoms with Crippen LogP contribution in [0.5, 0.6) is 0 Å². The summed E-state index contributed by atoms with van der Waals surface area (Å²) in [5.74, 6) is -1.59. The highest BCUT2D eigenvalue weighted by Crippen LogP contribution is 2.38. The molecule has 1 aromatic heterocycles. The number of amides is 1. The molecule has 3 rings (SSSR count). The molecule has 2 aliphatic heterocycles. The van der Waals surface area contributed by atoms with Crippen molar-refractivity contribution in [3.05, 3.63) is 16.0 Å². The molecular weight excluding hydrogens is 452 g/mol. The highest BCUT2D eigenvalue weighted by Gasteiger charge is 2.38. The molecule has 3 heterocycles. The Morgan fingerprint density at radius 3 is 2.25 bits per heavy atom. The second kappa shape index (κ2) is 10.4.